The van der Waals surface area contributed by atoms with Crippen molar-refractivity contribution < 1.29 is 13.2 Å². The first-order valence-corrected chi connectivity index (χ1v) is 10.3. The molecule has 1 rings (SSSR count). The number of carbonyl (C=O) groups excluding carboxylic acids is 1. The van der Waals surface area contributed by atoms with Crippen LogP contribution < -0.4 is 16.0 Å². The highest BCUT2D eigenvalue weighted by atomic mass is 32.2. The molecule has 0 bridgehead atoms. The van der Waals surface area contributed by atoms with Gasteiger partial charge in [-0.3, -0.25) is 9.79 Å². The molecule has 0 fully saturated rings. The van der Waals surface area contributed by atoms with E-state index in [-0.39, 0.29) is 17.7 Å². The minimum atomic E-state index is -2.95. The number of rotatable bonds is 8. The van der Waals surface area contributed by atoms with Crippen LogP contribution in [0.1, 0.15) is 25.8 Å². The highest BCUT2D eigenvalue weighted by molar-refractivity contribution is 7.90. The second-order valence-electron chi connectivity index (χ2n) is 6.09. The number of anilines is 1. The van der Waals surface area contributed by atoms with Crippen molar-refractivity contribution in [3.05, 3.63) is 29.8 Å². The Balaban J connectivity index is 2.38. The van der Waals surface area contributed by atoms with Crippen molar-refractivity contribution in [1.82, 2.24) is 10.6 Å². The Morgan fingerprint density at radius 1 is 1.24 bits per heavy atom. The van der Waals surface area contributed by atoms with Crippen molar-refractivity contribution in [2.45, 2.75) is 32.7 Å². The van der Waals surface area contributed by atoms with Crippen LogP contribution in [0, 0.1) is 0 Å². The monoisotopic (exact) mass is 368 g/mol. The van der Waals surface area contributed by atoms with Crippen LogP contribution in [-0.4, -0.2) is 51.9 Å². The van der Waals surface area contributed by atoms with Crippen LogP contribution in [0.2, 0.25) is 0 Å². The Hall–Kier alpha value is -2.09. The van der Waals surface area contributed by atoms with Gasteiger partial charge >= 0.3 is 0 Å². The number of amides is 1. The molecule has 1 unspecified atom stereocenters. The summed E-state index contributed by atoms with van der Waals surface area (Å²) >= 11 is 0. The van der Waals surface area contributed by atoms with Crippen LogP contribution >= 0.6 is 0 Å². The first kappa shape index (κ1) is 21.0. The van der Waals surface area contributed by atoms with Gasteiger partial charge in [-0.05, 0) is 37.5 Å². The van der Waals surface area contributed by atoms with Crippen molar-refractivity contribution in [3.8, 4) is 0 Å². The third-order valence-corrected chi connectivity index (χ3v) is 4.49. The van der Waals surface area contributed by atoms with Crippen molar-refractivity contribution >= 4 is 27.4 Å². The second kappa shape index (κ2) is 10.0. The molecule has 0 heterocycles. The molecular weight excluding hydrogens is 340 g/mol. The fraction of sp³-hybridized carbons (Fsp3) is 0.529. The zero-order chi connectivity index (χ0) is 18.9. The fourth-order valence-electron chi connectivity index (χ4n) is 2.17. The van der Waals surface area contributed by atoms with E-state index in [1.54, 1.807) is 7.05 Å². The Kier molecular flexibility index (Phi) is 8.40. The quantitative estimate of drug-likeness (QED) is 0.473. The molecular formula is C17H28N4O3S. The fourth-order valence-corrected chi connectivity index (χ4v) is 2.96. The molecule has 0 aliphatic heterocycles. The minimum Gasteiger partial charge on any atom is -0.356 e. The lowest BCUT2D eigenvalue weighted by Gasteiger charge is -2.17. The Morgan fingerprint density at radius 3 is 2.40 bits per heavy atom. The maximum atomic E-state index is 11.2. The van der Waals surface area contributed by atoms with E-state index in [0.29, 0.717) is 18.9 Å². The number of carbonyl (C=O) groups is 1. The van der Waals surface area contributed by atoms with E-state index in [4.69, 9.17) is 0 Å². The van der Waals surface area contributed by atoms with Crippen molar-refractivity contribution in [1.29, 1.82) is 0 Å². The summed E-state index contributed by atoms with van der Waals surface area (Å²) in [6.45, 7) is 4.10. The maximum absolute atomic E-state index is 11.2. The predicted octanol–water partition coefficient (Wildman–Crippen LogP) is 1.18. The summed E-state index contributed by atoms with van der Waals surface area (Å²) in [5.41, 5.74) is 1.92. The SMILES string of the molecule is CN=C(NCCc1ccc(NC(C)=O)cc1)NC(C)CCS(C)(=O)=O. The highest BCUT2D eigenvalue weighted by Crippen LogP contribution is 2.09. The normalized spacial score (nSPS) is 13.2. The lowest BCUT2D eigenvalue weighted by molar-refractivity contribution is -0.114. The van der Waals surface area contributed by atoms with Crippen LogP contribution in [-0.2, 0) is 21.1 Å². The predicted molar refractivity (Wildman–Crippen MR) is 103 cm³/mol. The lowest BCUT2D eigenvalue weighted by Crippen LogP contribution is -2.43. The molecule has 0 aromatic heterocycles. The molecule has 1 aromatic rings. The summed E-state index contributed by atoms with van der Waals surface area (Å²) in [6, 6.07) is 7.70. The lowest BCUT2D eigenvalue weighted by atomic mass is 10.1. The molecule has 1 atom stereocenters. The van der Waals surface area contributed by atoms with Crippen molar-refractivity contribution in [2.75, 3.05) is 30.9 Å². The van der Waals surface area contributed by atoms with Crippen LogP contribution in [0.5, 0.6) is 0 Å². The summed E-state index contributed by atoms with van der Waals surface area (Å²) in [5.74, 6) is 0.712. The average Bonchev–Trinajstić information content (AvgIpc) is 2.52. The molecule has 25 heavy (non-hydrogen) atoms. The van der Waals surface area contributed by atoms with Crippen LogP contribution in [0.25, 0.3) is 0 Å². The first-order valence-electron chi connectivity index (χ1n) is 8.21. The maximum Gasteiger partial charge on any atom is 0.221 e. The number of nitrogens with zero attached hydrogens (tertiary/aromatic N) is 1. The molecule has 7 nitrogen and oxygen atoms in total. The molecule has 0 aliphatic rings. The molecule has 1 aromatic carbocycles. The second-order valence-corrected chi connectivity index (χ2v) is 8.35. The van der Waals surface area contributed by atoms with Crippen LogP contribution in [0.15, 0.2) is 29.3 Å². The Morgan fingerprint density at radius 2 is 1.88 bits per heavy atom. The number of benzene rings is 1. The molecule has 0 radical (unpaired) electrons. The smallest absolute Gasteiger partial charge is 0.221 e. The minimum absolute atomic E-state index is 0.0119. The number of aliphatic imine (C=N–C) groups is 1. The van der Waals surface area contributed by atoms with E-state index >= 15 is 0 Å². The third-order valence-electron chi connectivity index (χ3n) is 3.51. The summed E-state index contributed by atoms with van der Waals surface area (Å²) < 4.78 is 22.4. The molecule has 3 N–H and O–H groups in total. The number of sulfone groups is 1. The van der Waals surface area contributed by atoms with Gasteiger partial charge in [0.1, 0.15) is 9.84 Å². The van der Waals surface area contributed by atoms with Crippen molar-refractivity contribution in [2.24, 2.45) is 4.99 Å². The largest absolute Gasteiger partial charge is 0.356 e. The van der Waals surface area contributed by atoms with E-state index in [2.05, 4.69) is 20.9 Å². The topological polar surface area (TPSA) is 99.7 Å². The number of guanidine groups is 1. The third kappa shape index (κ3) is 9.71. The molecule has 0 saturated carbocycles. The molecule has 140 valence electrons. The summed E-state index contributed by atoms with van der Waals surface area (Å²) in [6.07, 6.45) is 2.58. The van der Waals surface area contributed by atoms with Crippen LogP contribution in [0.4, 0.5) is 5.69 Å². The van der Waals surface area contributed by atoms with Gasteiger partial charge < -0.3 is 16.0 Å². The van der Waals surface area contributed by atoms with E-state index < -0.39 is 9.84 Å². The molecule has 0 saturated heterocycles. The van der Waals surface area contributed by atoms with Gasteiger partial charge in [0.05, 0.1) is 5.75 Å². The molecule has 0 aliphatic carbocycles. The van der Waals surface area contributed by atoms with Gasteiger partial charge in [0.2, 0.25) is 5.91 Å². The van der Waals surface area contributed by atoms with Gasteiger partial charge in [0.15, 0.2) is 5.96 Å². The average molecular weight is 369 g/mol. The number of hydrogen-bond acceptors (Lipinski definition) is 4. The van der Waals surface area contributed by atoms with Gasteiger partial charge in [-0.25, -0.2) is 8.42 Å². The zero-order valence-electron chi connectivity index (χ0n) is 15.3. The van der Waals surface area contributed by atoms with Gasteiger partial charge in [-0.1, -0.05) is 12.1 Å². The van der Waals surface area contributed by atoms with Gasteiger partial charge in [0, 0.05) is 38.5 Å². The molecule has 1 amide bonds. The molecule has 8 heteroatoms. The summed E-state index contributed by atoms with van der Waals surface area (Å²) in [4.78, 5) is 15.1. The Labute approximate surface area is 150 Å². The molecule has 0 spiro atoms. The van der Waals surface area contributed by atoms with E-state index in [9.17, 15) is 13.2 Å². The number of nitrogens with one attached hydrogen (secondary N) is 3. The summed E-state index contributed by atoms with van der Waals surface area (Å²) in [7, 11) is -1.27. The highest BCUT2D eigenvalue weighted by Gasteiger charge is 2.09. The zero-order valence-corrected chi connectivity index (χ0v) is 16.1. The van der Waals surface area contributed by atoms with E-state index in [1.807, 2.05) is 31.2 Å². The number of hydrogen-bond donors (Lipinski definition) is 3. The van der Waals surface area contributed by atoms with Gasteiger partial charge in [-0.2, -0.15) is 0 Å². The van der Waals surface area contributed by atoms with Gasteiger partial charge in [0.25, 0.3) is 0 Å². The first-order chi connectivity index (χ1) is 11.7. The van der Waals surface area contributed by atoms with Gasteiger partial charge in [-0.15, -0.1) is 0 Å². The Bertz CT molecular complexity index is 684. The summed E-state index contributed by atoms with van der Waals surface area (Å²) in [5, 5.41) is 9.13. The van der Waals surface area contributed by atoms with E-state index in [0.717, 1.165) is 17.7 Å². The van der Waals surface area contributed by atoms with Crippen molar-refractivity contribution in [3.63, 3.8) is 0 Å². The van der Waals surface area contributed by atoms with Crippen LogP contribution in [0.3, 0.4) is 0 Å². The van der Waals surface area contributed by atoms with E-state index in [1.165, 1.54) is 13.2 Å². The standard InChI is InChI=1S/C17H28N4O3S/c1-13(10-12-25(4,23)24)20-17(18-3)19-11-9-15-5-7-16(8-6-15)21-14(2)22/h5-8,13H,9-12H2,1-4H3,(H,21,22)(H2,18,19,20).